The predicted octanol–water partition coefficient (Wildman–Crippen LogP) is 2.61. The quantitative estimate of drug-likeness (QED) is 0.533. The van der Waals surface area contributed by atoms with Crippen LogP contribution in [0, 0.1) is 22.0 Å². The lowest BCUT2D eigenvalue weighted by Gasteiger charge is -1.95. The largest absolute Gasteiger partial charge is 0.115 e. The second-order valence-electron chi connectivity index (χ2n) is 2.05. The Morgan fingerprint density at radius 1 is 1.27 bits per heavy atom. The van der Waals surface area contributed by atoms with Gasteiger partial charge in [-0.1, -0.05) is 12.5 Å². The van der Waals surface area contributed by atoms with Crippen molar-refractivity contribution >= 4 is 22.6 Å². The van der Waals surface area contributed by atoms with Gasteiger partial charge in [0.2, 0.25) is 0 Å². The molecule has 11 heavy (non-hydrogen) atoms. The van der Waals surface area contributed by atoms with Gasteiger partial charge in [0.1, 0.15) is 0 Å². The van der Waals surface area contributed by atoms with E-state index in [1.807, 2.05) is 18.2 Å². The van der Waals surface area contributed by atoms with Crippen molar-refractivity contribution in [2.24, 2.45) is 0 Å². The highest BCUT2D eigenvalue weighted by Crippen LogP contribution is 2.11. The highest BCUT2D eigenvalue weighted by atomic mass is 127. The van der Waals surface area contributed by atoms with Gasteiger partial charge in [0, 0.05) is 9.13 Å². The number of halogens is 1. The number of terminal acetylenes is 1. The summed E-state index contributed by atoms with van der Waals surface area (Å²) in [5.74, 6) is 2.57. The van der Waals surface area contributed by atoms with E-state index in [9.17, 15) is 0 Å². The van der Waals surface area contributed by atoms with Gasteiger partial charge in [0.05, 0.1) is 0 Å². The summed E-state index contributed by atoms with van der Waals surface area (Å²) in [5.41, 5.74) is 1.83. The summed E-state index contributed by atoms with van der Waals surface area (Å²) >= 11 is 2.21. The molecule has 0 unspecified atom stereocenters. The predicted molar refractivity (Wildman–Crippen MR) is 55.1 cm³/mol. The van der Waals surface area contributed by atoms with Gasteiger partial charge in [0.25, 0.3) is 0 Å². The van der Waals surface area contributed by atoms with Crippen LogP contribution in [0.1, 0.15) is 11.1 Å². The first-order valence-corrected chi connectivity index (χ1v) is 4.14. The molecule has 0 saturated carbocycles. The van der Waals surface area contributed by atoms with Crippen LogP contribution in [0.5, 0.6) is 0 Å². The van der Waals surface area contributed by atoms with Gasteiger partial charge >= 0.3 is 0 Å². The molecule has 0 N–H and O–H groups in total. The topological polar surface area (TPSA) is 0 Å². The average molecular weight is 253 g/mol. The van der Waals surface area contributed by atoms with E-state index in [-0.39, 0.29) is 0 Å². The third-order valence-electron chi connectivity index (χ3n) is 1.27. The Bertz CT molecular complexity index is 318. The molecular weight excluding hydrogens is 247 g/mol. The smallest absolute Gasteiger partial charge is 0.0259 e. The molecule has 0 fully saturated rings. The number of hydrogen-bond donors (Lipinski definition) is 0. The Balaban J connectivity index is 3.25. The fourth-order valence-electron chi connectivity index (χ4n) is 0.775. The lowest BCUT2D eigenvalue weighted by atomic mass is 10.1. The number of hydrogen-bond acceptors (Lipinski definition) is 0. The number of benzene rings is 1. The summed E-state index contributed by atoms with van der Waals surface area (Å²) < 4.78 is 1.12. The van der Waals surface area contributed by atoms with Gasteiger partial charge in [0.15, 0.2) is 0 Å². The van der Waals surface area contributed by atoms with Crippen molar-refractivity contribution in [2.45, 2.75) is 0 Å². The van der Waals surface area contributed by atoms with Crippen molar-refractivity contribution in [1.29, 1.82) is 0 Å². The van der Waals surface area contributed by atoms with E-state index in [1.54, 1.807) is 0 Å². The third-order valence-corrected chi connectivity index (χ3v) is 1.89. The van der Waals surface area contributed by atoms with Gasteiger partial charge in [-0.05, 0) is 52.4 Å². The van der Waals surface area contributed by atoms with Crippen molar-refractivity contribution in [3.63, 3.8) is 0 Å². The third kappa shape index (κ3) is 2.09. The van der Waals surface area contributed by atoms with Crippen molar-refractivity contribution < 1.29 is 0 Å². The van der Waals surface area contributed by atoms with Crippen LogP contribution >= 0.6 is 22.6 Å². The van der Waals surface area contributed by atoms with Crippen LogP contribution in [0.3, 0.4) is 0 Å². The summed E-state index contributed by atoms with van der Waals surface area (Å²) in [5, 5.41) is 0. The molecular formula is C10H6I. The maximum atomic E-state index is 5.24. The standard InChI is InChI=1S/C10H6I/c1-3-8-5-9(4-2)7-10(11)6-8/h1,5-7H,2H2. The minimum Gasteiger partial charge on any atom is -0.115 e. The van der Waals surface area contributed by atoms with Crippen molar-refractivity contribution in [3.05, 3.63) is 45.6 Å². The Hall–Kier alpha value is -0.750. The van der Waals surface area contributed by atoms with Crippen molar-refractivity contribution in [3.8, 4) is 12.3 Å². The molecule has 0 heterocycles. The van der Waals surface area contributed by atoms with E-state index < -0.39 is 0 Å². The molecule has 1 aromatic rings. The normalized spacial score (nSPS) is 8.73. The van der Waals surface area contributed by atoms with Crippen LogP contribution in [-0.4, -0.2) is 0 Å². The van der Waals surface area contributed by atoms with Gasteiger partial charge in [-0.25, -0.2) is 0 Å². The number of rotatable bonds is 1. The Morgan fingerprint density at radius 2 is 1.91 bits per heavy atom. The van der Waals surface area contributed by atoms with Gasteiger partial charge < -0.3 is 0 Å². The Morgan fingerprint density at radius 3 is 2.45 bits per heavy atom. The SMILES string of the molecule is C#Cc1cc(I)cc([C]=C)c1. The Labute approximate surface area is 80.5 Å². The fourth-order valence-corrected chi connectivity index (χ4v) is 1.45. The second kappa shape index (κ2) is 3.59. The van der Waals surface area contributed by atoms with Crippen LogP contribution in [0.15, 0.2) is 24.8 Å². The van der Waals surface area contributed by atoms with Crippen LogP contribution in [0.25, 0.3) is 0 Å². The molecule has 53 valence electrons. The highest BCUT2D eigenvalue weighted by Gasteiger charge is 1.93. The molecule has 0 nitrogen and oxygen atoms in total. The van der Waals surface area contributed by atoms with Crippen molar-refractivity contribution in [1.82, 2.24) is 0 Å². The van der Waals surface area contributed by atoms with Gasteiger partial charge in [-0.2, -0.15) is 0 Å². The van der Waals surface area contributed by atoms with Gasteiger partial charge in [-0.15, -0.1) is 6.42 Å². The summed E-state index contributed by atoms with van der Waals surface area (Å²) in [6.45, 7) is 3.55. The zero-order chi connectivity index (χ0) is 8.27. The maximum Gasteiger partial charge on any atom is 0.0259 e. The lowest BCUT2D eigenvalue weighted by molar-refractivity contribution is 1.51. The van der Waals surface area contributed by atoms with E-state index in [0.717, 1.165) is 14.7 Å². The average Bonchev–Trinajstić information content (AvgIpc) is 2.03. The molecule has 1 aromatic carbocycles. The molecule has 0 aromatic heterocycles. The summed E-state index contributed by atoms with van der Waals surface area (Å²) in [6.07, 6.45) is 8.03. The lowest BCUT2D eigenvalue weighted by Crippen LogP contribution is -1.80. The first-order chi connectivity index (χ1) is 5.26. The summed E-state index contributed by atoms with van der Waals surface area (Å²) in [4.78, 5) is 0. The van der Waals surface area contributed by atoms with E-state index in [4.69, 9.17) is 6.42 Å². The molecule has 0 spiro atoms. The minimum atomic E-state index is 0.878. The first-order valence-electron chi connectivity index (χ1n) is 3.06. The molecule has 0 bridgehead atoms. The fraction of sp³-hybridized carbons (Fsp3) is 0. The zero-order valence-electron chi connectivity index (χ0n) is 5.89. The molecule has 1 rings (SSSR count). The van der Waals surface area contributed by atoms with E-state index in [1.165, 1.54) is 0 Å². The van der Waals surface area contributed by atoms with Crippen LogP contribution in [-0.2, 0) is 0 Å². The molecule has 1 heteroatoms. The second-order valence-corrected chi connectivity index (χ2v) is 3.30. The maximum absolute atomic E-state index is 5.24. The summed E-state index contributed by atoms with van der Waals surface area (Å²) in [7, 11) is 0. The van der Waals surface area contributed by atoms with E-state index in [0.29, 0.717) is 0 Å². The van der Waals surface area contributed by atoms with E-state index in [2.05, 4.69) is 41.2 Å². The zero-order valence-corrected chi connectivity index (χ0v) is 8.05. The Kier molecular flexibility index (Phi) is 2.72. The first kappa shape index (κ1) is 8.35. The van der Waals surface area contributed by atoms with Crippen LogP contribution < -0.4 is 0 Å². The van der Waals surface area contributed by atoms with Gasteiger partial charge in [-0.3, -0.25) is 0 Å². The molecule has 0 aliphatic carbocycles. The molecule has 1 radical (unpaired) electrons. The molecule has 0 amide bonds. The highest BCUT2D eigenvalue weighted by molar-refractivity contribution is 14.1. The molecule has 0 aliphatic heterocycles. The molecule has 0 atom stereocenters. The molecule has 0 saturated heterocycles. The van der Waals surface area contributed by atoms with Crippen molar-refractivity contribution in [2.75, 3.05) is 0 Å². The van der Waals surface area contributed by atoms with E-state index >= 15 is 0 Å². The minimum absolute atomic E-state index is 0.878. The monoisotopic (exact) mass is 253 g/mol. The summed E-state index contributed by atoms with van der Waals surface area (Å²) in [6, 6.07) is 5.81. The molecule has 0 aliphatic rings. The van der Waals surface area contributed by atoms with Crippen LogP contribution in [0.4, 0.5) is 0 Å². The van der Waals surface area contributed by atoms with Crippen LogP contribution in [0.2, 0.25) is 0 Å².